The fourth-order valence-corrected chi connectivity index (χ4v) is 0.961. The van der Waals surface area contributed by atoms with Crippen molar-refractivity contribution in [2.45, 2.75) is 20.0 Å². The first kappa shape index (κ1) is 7.93. The zero-order valence-electron chi connectivity index (χ0n) is 6.68. The van der Waals surface area contributed by atoms with E-state index in [9.17, 15) is 4.79 Å². The van der Waals surface area contributed by atoms with Crippen molar-refractivity contribution in [3.05, 3.63) is 0 Å². The molecule has 1 aliphatic rings. The Morgan fingerprint density at radius 3 is 2.91 bits per heavy atom. The Labute approximate surface area is 66.1 Å². The summed E-state index contributed by atoms with van der Waals surface area (Å²) < 4.78 is 4.86. The normalized spacial score (nSPS) is 28.1. The molecule has 0 bridgehead atoms. The Morgan fingerprint density at radius 1 is 1.82 bits per heavy atom. The lowest BCUT2D eigenvalue weighted by Crippen LogP contribution is -2.49. The van der Waals surface area contributed by atoms with Crippen molar-refractivity contribution >= 4 is 6.09 Å². The molecule has 1 N–H and O–H groups in total. The maximum Gasteiger partial charge on any atom is 0.408 e. The second-order valence-corrected chi connectivity index (χ2v) is 3.29. The highest BCUT2D eigenvalue weighted by molar-refractivity contribution is 5.68. The van der Waals surface area contributed by atoms with E-state index in [1.165, 1.54) is 0 Å². The van der Waals surface area contributed by atoms with E-state index in [1.807, 2.05) is 13.8 Å². The topological polar surface area (TPSA) is 38.3 Å². The Hall–Kier alpha value is -1.17. The minimum Gasteiger partial charge on any atom is -0.432 e. The van der Waals surface area contributed by atoms with Crippen molar-refractivity contribution in [2.75, 3.05) is 6.54 Å². The smallest absolute Gasteiger partial charge is 0.408 e. The standard InChI is InChI=1S/C8H11NO2/c1-4-6-8(2,3)5-9-7(10)11-6/h1,6H,5H2,2-3H3,(H,9,10). The highest BCUT2D eigenvalue weighted by Crippen LogP contribution is 2.24. The minimum absolute atomic E-state index is 0.164. The van der Waals surface area contributed by atoms with Gasteiger partial charge in [-0.05, 0) is 0 Å². The summed E-state index contributed by atoms with van der Waals surface area (Å²) in [6.07, 6.45) is 4.36. The van der Waals surface area contributed by atoms with Gasteiger partial charge >= 0.3 is 6.09 Å². The molecular formula is C8H11NO2. The average molecular weight is 153 g/mol. The first-order valence-electron chi connectivity index (χ1n) is 3.47. The van der Waals surface area contributed by atoms with E-state index in [4.69, 9.17) is 11.2 Å². The number of hydrogen-bond donors (Lipinski definition) is 1. The molecule has 0 radical (unpaired) electrons. The highest BCUT2D eigenvalue weighted by atomic mass is 16.6. The number of nitrogens with one attached hydrogen (secondary N) is 1. The molecule has 1 aliphatic heterocycles. The highest BCUT2D eigenvalue weighted by Gasteiger charge is 2.35. The van der Waals surface area contributed by atoms with Gasteiger partial charge in [0.25, 0.3) is 0 Å². The van der Waals surface area contributed by atoms with Gasteiger partial charge in [-0.2, -0.15) is 0 Å². The van der Waals surface area contributed by atoms with Crippen molar-refractivity contribution in [3.63, 3.8) is 0 Å². The Kier molecular flexibility index (Phi) is 1.77. The summed E-state index contributed by atoms with van der Waals surface area (Å²) in [5.41, 5.74) is -0.164. The number of cyclic esters (lactones) is 1. The summed E-state index contributed by atoms with van der Waals surface area (Å²) in [5.74, 6) is 2.44. The molecular weight excluding hydrogens is 142 g/mol. The molecule has 0 saturated carbocycles. The van der Waals surface area contributed by atoms with Crippen molar-refractivity contribution in [2.24, 2.45) is 5.41 Å². The molecule has 1 fully saturated rings. The number of carbonyl (C=O) groups is 1. The van der Waals surface area contributed by atoms with Crippen molar-refractivity contribution in [1.82, 2.24) is 5.32 Å². The first-order chi connectivity index (χ1) is 5.06. The van der Waals surface area contributed by atoms with E-state index in [2.05, 4.69) is 11.2 Å². The molecule has 3 heteroatoms. The van der Waals surface area contributed by atoms with Crippen LogP contribution in [-0.4, -0.2) is 18.7 Å². The number of hydrogen-bond acceptors (Lipinski definition) is 2. The third-order valence-corrected chi connectivity index (χ3v) is 1.77. The predicted octanol–water partition coefficient (Wildman–Crippen LogP) is 0.754. The van der Waals surface area contributed by atoms with E-state index in [-0.39, 0.29) is 5.41 Å². The van der Waals surface area contributed by atoms with Gasteiger partial charge in [0.1, 0.15) is 0 Å². The summed E-state index contributed by atoms with van der Waals surface area (Å²) in [4.78, 5) is 10.7. The van der Waals surface area contributed by atoms with Gasteiger partial charge < -0.3 is 10.1 Å². The van der Waals surface area contributed by atoms with Gasteiger partial charge in [0.2, 0.25) is 0 Å². The maximum atomic E-state index is 10.7. The summed E-state index contributed by atoms with van der Waals surface area (Å²) in [6.45, 7) is 4.48. The summed E-state index contributed by atoms with van der Waals surface area (Å²) in [7, 11) is 0. The third-order valence-electron chi connectivity index (χ3n) is 1.77. The molecule has 1 amide bonds. The van der Waals surface area contributed by atoms with Crippen LogP contribution in [0.1, 0.15) is 13.8 Å². The van der Waals surface area contributed by atoms with Gasteiger partial charge in [-0.3, -0.25) is 0 Å². The van der Waals surface area contributed by atoms with Crippen LogP contribution in [0.3, 0.4) is 0 Å². The zero-order chi connectivity index (χ0) is 8.48. The van der Waals surface area contributed by atoms with Gasteiger partial charge in [-0.15, -0.1) is 6.42 Å². The first-order valence-corrected chi connectivity index (χ1v) is 3.47. The Balaban J connectivity index is 2.73. The predicted molar refractivity (Wildman–Crippen MR) is 40.9 cm³/mol. The number of alkyl carbamates (subject to hydrolysis) is 1. The van der Waals surface area contributed by atoms with E-state index in [0.717, 1.165) is 0 Å². The van der Waals surface area contributed by atoms with E-state index >= 15 is 0 Å². The number of amides is 1. The molecule has 1 atom stereocenters. The summed E-state index contributed by atoms with van der Waals surface area (Å²) >= 11 is 0. The van der Waals surface area contributed by atoms with Crippen LogP contribution >= 0.6 is 0 Å². The lowest BCUT2D eigenvalue weighted by molar-refractivity contribution is 0.0303. The average Bonchev–Trinajstić information content (AvgIpc) is 1.94. The summed E-state index contributed by atoms with van der Waals surface area (Å²) in [6, 6.07) is 0. The maximum absolute atomic E-state index is 10.7. The van der Waals surface area contributed by atoms with Crippen LogP contribution in [-0.2, 0) is 4.74 Å². The van der Waals surface area contributed by atoms with Crippen LogP contribution < -0.4 is 5.32 Å². The van der Waals surface area contributed by atoms with Gasteiger partial charge in [-0.1, -0.05) is 19.8 Å². The summed E-state index contributed by atoms with van der Waals surface area (Å²) in [5, 5.41) is 2.58. The molecule has 0 aromatic rings. The molecule has 0 spiro atoms. The molecule has 1 rings (SSSR count). The van der Waals surface area contributed by atoms with E-state index in [0.29, 0.717) is 6.54 Å². The number of terminal acetylenes is 1. The molecule has 60 valence electrons. The number of ether oxygens (including phenoxy) is 1. The molecule has 3 nitrogen and oxygen atoms in total. The van der Waals surface area contributed by atoms with Gasteiger partial charge in [0.05, 0.1) is 0 Å². The molecule has 0 aromatic carbocycles. The molecule has 1 saturated heterocycles. The van der Waals surface area contributed by atoms with Gasteiger partial charge in [0.15, 0.2) is 6.10 Å². The third kappa shape index (κ3) is 1.45. The van der Waals surface area contributed by atoms with E-state index in [1.54, 1.807) is 0 Å². The lowest BCUT2D eigenvalue weighted by Gasteiger charge is -2.34. The molecule has 11 heavy (non-hydrogen) atoms. The Morgan fingerprint density at radius 2 is 2.45 bits per heavy atom. The van der Waals surface area contributed by atoms with Gasteiger partial charge in [-0.25, -0.2) is 4.79 Å². The molecule has 0 aromatic heterocycles. The van der Waals surface area contributed by atoms with Gasteiger partial charge in [0, 0.05) is 12.0 Å². The SMILES string of the molecule is C#CC1OC(=O)NCC1(C)C. The van der Waals surface area contributed by atoms with E-state index < -0.39 is 12.2 Å². The minimum atomic E-state index is -0.424. The zero-order valence-corrected chi connectivity index (χ0v) is 6.68. The van der Waals surface area contributed by atoms with Crippen molar-refractivity contribution in [1.29, 1.82) is 0 Å². The largest absolute Gasteiger partial charge is 0.432 e. The number of rotatable bonds is 0. The fourth-order valence-electron chi connectivity index (χ4n) is 0.961. The monoisotopic (exact) mass is 153 g/mol. The second-order valence-electron chi connectivity index (χ2n) is 3.29. The van der Waals surface area contributed by atoms with Crippen LogP contribution in [0.25, 0.3) is 0 Å². The lowest BCUT2D eigenvalue weighted by atomic mass is 9.86. The fraction of sp³-hybridized carbons (Fsp3) is 0.625. The van der Waals surface area contributed by atoms with Crippen molar-refractivity contribution in [3.8, 4) is 12.3 Å². The molecule has 1 heterocycles. The van der Waals surface area contributed by atoms with Crippen LogP contribution in [0.15, 0.2) is 0 Å². The molecule has 0 aliphatic carbocycles. The second kappa shape index (κ2) is 2.46. The van der Waals surface area contributed by atoms with Crippen molar-refractivity contribution < 1.29 is 9.53 Å². The Bertz CT molecular complexity index is 215. The number of carbonyl (C=O) groups excluding carboxylic acids is 1. The van der Waals surface area contributed by atoms with Crippen LogP contribution in [0, 0.1) is 17.8 Å². The van der Waals surface area contributed by atoms with Crippen LogP contribution in [0.2, 0.25) is 0 Å². The molecule has 1 unspecified atom stereocenters. The van der Waals surface area contributed by atoms with Crippen LogP contribution in [0.5, 0.6) is 0 Å². The quantitative estimate of drug-likeness (QED) is 0.521. The van der Waals surface area contributed by atoms with Crippen LogP contribution in [0.4, 0.5) is 4.79 Å².